The van der Waals surface area contributed by atoms with Gasteiger partial charge in [0.2, 0.25) is 0 Å². The number of nitrogens with one attached hydrogen (secondary N) is 2. The molecule has 32 heavy (non-hydrogen) atoms. The standard InChI is InChI=1S/C23H18N8S/c1-12(2)18-6-7-19(32-18)14-9-24-10-17-20(14)28-23(27-17)22-21-16(29-30-22)5-4-15(26-21)13-8-25-31(3)11-13/h4-11H,1H2,2-3H3,(H,27,28)(H,29,30). The quantitative estimate of drug-likeness (QED) is 0.401. The molecule has 9 heteroatoms. The number of thiophene rings is 1. The average molecular weight is 439 g/mol. The zero-order chi connectivity index (χ0) is 21.8. The van der Waals surface area contributed by atoms with Gasteiger partial charge >= 0.3 is 0 Å². The summed E-state index contributed by atoms with van der Waals surface area (Å²) in [5.41, 5.74) is 7.76. The fourth-order valence-electron chi connectivity index (χ4n) is 3.72. The van der Waals surface area contributed by atoms with Crippen molar-refractivity contribution in [3.8, 4) is 33.2 Å². The van der Waals surface area contributed by atoms with E-state index in [0.29, 0.717) is 11.5 Å². The van der Waals surface area contributed by atoms with Gasteiger partial charge in [-0.15, -0.1) is 11.3 Å². The molecule has 2 N–H and O–H groups in total. The second-order valence-corrected chi connectivity index (χ2v) is 8.76. The molecule has 0 bridgehead atoms. The van der Waals surface area contributed by atoms with Gasteiger partial charge in [-0.3, -0.25) is 14.8 Å². The van der Waals surface area contributed by atoms with Gasteiger partial charge < -0.3 is 4.98 Å². The minimum Gasteiger partial charge on any atom is -0.335 e. The lowest BCUT2D eigenvalue weighted by atomic mass is 10.2. The zero-order valence-electron chi connectivity index (χ0n) is 17.4. The lowest BCUT2D eigenvalue weighted by Gasteiger charge is -1.98. The summed E-state index contributed by atoms with van der Waals surface area (Å²) in [5.74, 6) is 0.646. The summed E-state index contributed by atoms with van der Waals surface area (Å²) in [7, 11) is 1.89. The molecule has 0 unspecified atom stereocenters. The molecule has 156 valence electrons. The van der Waals surface area contributed by atoms with E-state index in [1.54, 1.807) is 28.4 Å². The molecular formula is C23H18N8S. The summed E-state index contributed by atoms with van der Waals surface area (Å²) < 4.78 is 1.76. The van der Waals surface area contributed by atoms with Crippen molar-refractivity contribution in [2.75, 3.05) is 0 Å². The van der Waals surface area contributed by atoms with Crippen LogP contribution in [0.1, 0.15) is 11.8 Å². The van der Waals surface area contributed by atoms with Crippen LogP contribution in [0.4, 0.5) is 0 Å². The van der Waals surface area contributed by atoms with E-state index in [4.69, 9.17) is 9.97 Å². The third-order valence-corrected chi connectivity index (χ3v) is 6.60. The Hall–Kier alpha value is -4.11. The number of hydrogen-bond acceptors (Lipinski definition) is 6. The van der Waals surface area contributed by atoms with Gasteiger partial charge in [0.05, 0.1) is 29.1 Å². The van der Waals surface area contributed by atoms with Gasteiger partial charge in [0.15, 0.2) is 11.5 Å². The molecule has 0 aromatic carbocycles. The van der Waals surface area contributed by atoms with Crippen LogP contribution in [0.15, 0.2) is 55.6 Å². The smallest absolute Gasteiger partial charge is 0.161 e. The Morgan fingerprint density at radius 3 is 2.72 bits per heavy atom. The summed E-state index contributed by atoms with van der Waals surface area (Å²) in [6.07, 6.45) is 7.37. The molecule has 8 nitrogen and oxygen atoms in total. The van der Waals surface area contributed by atoms with E-state index in [1.807, 2.05) is 38.5 Å². The maximum absolute atomic E-state index is 4.89. The molecule has 0 radical (unpaired) electrons. The highest BCUT2D eigenvalue weighted by Gasteiger charge is 2.18. The fourth-order valence-corrected chi connectivity index (χ4v) is 4.66. The number of nitrogens with zero attached hydrogens (tertiary/aromatic N) is 6. The molecule has 0 aliphatic rings. The van der Waals surface area contributed by atoms with Gasteiger partial charge in [0.25, 0.3) is 0 Å². The number of fused-ring (bicyclic) bond motifs is 2. The van der Waals surface area contributed by atoms with E-state index in [-0.39, 0.29) is 0 Å². The second kappa shape index (κ2) is 6.96. The number of imidazole rings is 1. The average Bonchev–Trinajstić information content (AvgIpc) is 3.56. The third kappa shape index (κ3) is 2.94. The summed E-state index contributed by atoms with van der Waals surface area (Å²) in [5, 5.41) is 11.8. The van der Waals surface area contributed by atoms with E-state index in [1.165, 1.54) is 0 Å². The van der Waals surface area contributed by atoms with Gasteiger partial charge in [0.1, 0.15) is 11.0 Å². The number of hydrogen-bond donors (Lipinski definition) is 2. The maximum atomic E-state index is 4.89. The van der Waals surface area contributed by atoms with E-state index >= 15 is 0 Å². The van der Waals surface area contributed by atoms with Crippen LogP contribution < -0.4 is 0 Å². The van der Waals surface area contributed by atoms with Crippen LogP contribution >= 0.6 is 11.3 Å². The molecular weight excluding hydrogens is 420 g/mol. The molecule has 0 amide bonds. The molecule has 6 heterocycles. The normalized spacial score (nSPS) is 11.6. The van der Waals surface area contributed by atoms with E-state index < -0.39 is 0 Å². The van der Waals surface area contributed by atoms with Crippen LogP contribution in [0.2, 0.25) is 0 Å². The predicted molar refractivity (Wildman–Crippen MR) is 127 cm³/mol. The Bertz CT molecular complexity index is 1630. The number of pyridine rings is 2. The highest BCUT2D eigenvalue weighted by molar-refractivity contribution is 7.16. The third-order valence-electron chi connectivity index (χ3n) is 5.32. The minimum atomic E-state index is 0.646. The molecule has 0 fully saturated rings. The molecule has 6 rings (SSSR count). The fraction of sp³-hybridized carbons (Fsp3) is 0.0870. The van der Waals surface area contributed by atoms with Gasteiger partial charge in [-0.25, -0.2) is 9.97 Å². The van der Waals surface area contributed by atoms with Crippen LogP contribution in [0.5, 0.6) is 0 Å². The first-order chi connectivity index (χ1) is 15.6. The number of allylic oxidation sites excluding steroid dienone is 1. The molecule has 0 saturated carbocycles. The van der Waals surface area contributed by atoms with Crippen LogP contribution in [0.3, 0.4) is 0 Å². The van der Waals surface area contributed by atoms with Gasteiger partial charge in [-0.2, -0.15) is 10.2 Å². The molecule has 0 aliphatic carbocycles. The van der Waals surface area contributed by atoms with E-state index in [2.05, 4.69) is 44.0 Å². The van der Waals surface area contributed by atoms with Crippen molar-refractivity contribution in [1.29, 1.82) is 0 Å². The summed E-state index contributed by atoms with van der Waals surface area (Å²) in [6, 6.07) is 8.10. The van der Waals surface area contributed by atoms with Crippen molar-refractivity contribution >= 4 is 39.0 Å². The Balaban J connectivity index is 1.49. The Morgan fingerprint density at radius 2 is 1.94 bits per heavy atom. The molecule has 6 aromatic rings. The lowest BCUT2D eigenvalue weighted by Crippen LogP contribution is -1.87. The summed E-state index contributed by atoms with van der Waals surface area (Å²) in [6.45, 7) is 6.05. The lowest BCUT2D eigenvalue weighted by molar-refractivity contribution is 0.768. The van der Waals surface area contributed by atoms with Gasteiger partial charge in [-0.1, -0.05) is 6.58 Å². The molecule has 0 aliphatic heterocycles. The predicted octanol–water partition coefficient (Wildman–Crippen LogP) is 5.06. The second-order valence-electron chi connectivity index (χ2n) is 7.68. The van der Waals surface area contributed by atoms with Crippen molar-refractivity contribution in [2.24, 2.45) is 7.05 Å². The van der Waals surface area contributed by atoms with Gasteiger partial charge in [0, 0.05) is 40.3 Å². The number of H-pyrrole nitrogens is 2. The largest absolute Gasteiger partial charge is 0.335 e. The van der Waals surface area contributed by atoms with Crippen molar-refractivity contribution in [3.05, 3.63) is 60.5 Å². The highest BCUT2D eigenvalue weighted by Crippen LogP contribution is 2.35. The van der Waals surface area contributed by atoms with Crippen molar-refractivity contribution in [2.45, 2.75) is 6.92 Å². The number of aromatic amines is 2. The van der Waals surface area contributed by atoms with Crippen molar-refractivity contribution < 1.29 is 0 Å². The molecule has 0 atom stereocenters. The van der Waals surface area contributed by atoms with Crippen LogP contribution in [-0.2, 0) is 7.05 Å². The van der Waals surface area contributed by atoms with Crippen LogP contribution in [0, 0.1) is 0 Å². The molecule has 0 saturated heterocycles. The first-order valence-electron chi connectivity index (χ1n) is 10.0. The number of aryl methyl sites for hydroxylation is 1. The topological polar surface area (TPSA) is 101 Å². The highest BCUT2D eigenvalue weighted by atomic mass is 32.1. The van der Waals surface area contributed by atoms with Crippen LogP contribution in [0.25, 0.3) is 60.9 Å². The Morgan fingerprint density at radius 1 is 1.03 bits per heavy atom. The van der Waals surface area contributed by atoms with Crippen molar-refractivity contribution in [3.63, 3.8) is 0 Å². The van der Waals surface area contributed by atoms with E-state index in [0.717, 1.165) is 54.2 Å². The van der Waals surface area contributed by atoms with Crippen LogP contribution in [-0.4, -0.2) is 39.9 Å². The zero-order valence-corrected chi connectivity index (χ0v) is 18.2. The van der Waals surface area contributed by atoms with E-state index in [9.17, 15) is 0 Å². The maximum Gasteiger partial charge on any atom is 0.161 e. The van der Waals surface area contributed by atoms with Crippen molar-refractivity contribution in [1.82, 2.24) is 39.9 Å². The number of aromatic nitrogens is 8. The molecule has 6 aromatic heterocycles. The minimum absolute atomic E-state index is 0.646. The molecule has 0 spiro atoms. The SMILES string of the molecule is C=C(C)c1ccc(-c2cncc3[nH]c(-c4n[nH]c5ccc(-c6cnn(C)c6)nc45)nc23)s1. The Kier molecular flexibility index (Phi) is 4.05. The first kappa shape index (κ1) is 18.6. The first-order valence-corrected chi connectivity index (χ1v) is 10.8. The van der Waals surface area contributed by atoms with Gasteiger partial charge in [-0.05, 0) is 36.8 Å². The monoisotopic (exact) mass is 438 g/mol. The number of rotatable bonds is 4. The summed E-state index contributed by atoms with van der Waals surface area (Å²) >= 11 is 1.68. The Labute approximate surface area is 186 Å². The summed E-state index contributed by atoms with van der Waals surface area (Å²) in [4.78, 5) is 19.8.